The Bertz CT molecular complexity index is 1180. The first-order chi connectivity index (χ1) is 15.8. The summed E-state index contributed by atoms with van der Waals surface area (Å²) in [5, 5.41) is 14.9. The second-order valence-electron chi connectivity index (χ2n) is 7.99. The quantitative estimate of drug-likeness (QED) is 0.623. The zero-order valence-corrected chi connectivity index (χ0v) is 18.6. The fourth-order valence-corrected chi connectivity index (χ4v) is 4.18. The maximum atomic E-state index is 14.2. The molecule has 0 bridgehead atoms. The number of halogens is 1. The fraction of sp³-hybridized carbons (Fsp3) is 0.409. The number of methoxy groups -OCH3 is 2. The van der Waals surface area contributed by atoms with Crippen LogP contribution in [0.5, 0.6) is 5.75 Å². The number of benzene rings is 1. The van der Waals surface area contributed by atoms with Crippen LogP contribution in [0, 0.1) is 12.7 Å². The minimum atomic E-state index is -0.982. The van der Waals surface area contributed by atoms with Crippen LogP contribution in [0.2, 0.25) is 0 Å². The number of aromatic nitrogens is 1. The summed E-state index contributed by atoms with van der Waals surface area (Å²) < 4.78 is 26.1. The van der Waals surface area contributed by atoms with Crippen LogP contribution >= 0.6 is 0 Å². The topological polar surface area (TPSA) is 113 Å². The third-order valence-electron chi connectivity index (χ3n) is 5.88. The molecule has 1 aromatic heterocycles. The molecule has 4 rings (SSSR count). The van der Waals surface area contributed by atoms with Crippen molar-refractivity contribution in [1.82, 2.24) is 14.9 Å². The van der Waals surface area contributed by atoms with Crippen LogP contribution in [0.25, 0.3) is 0 Å². The summed E-state index contributed by atoms with van der Waals surface area (Å²) in [4.78, 5) is 40.6. The summed E-state index contributed by atoms with van der Waals surface area (Å²) in [6.45, 7) is 2.56. The first-order valence-electron chi connectivity index (χ1n) is 10.4. The van der Waals surface area contributed by atoms with Crippen molar-refractivity contribution in [3.8, 4) is 5.75 Å². The van der Waals surface area contributed by atoms with Gasteiger partial charge in [-0.15, -0.1) is 0 Å². The van der Waals surface area contributed by atoms with E-state index in [9.17, 15) is 23.9 Å². The number of pyridine rings is 1. The zero-order chi connectivity index (χ0) is 23.9. The van der Waals surface area contributed by atoms with Crippen LogP contribution in [0.3, 0.4) is 0 Å². The number of nitrogens with one attached hydrogen (secondary N) is 1. The largest absolute Gasteiger partial charge is 0.502 e. The Hall–Kier alpha value is -3.44. The van der Waals surface area contributed by atoms with E-state index in [2.05, 4.69) is 5.32 Å². The van der Waals surface area contributed by atoms with Crippen molar-refractivity contribution in [3.63, 3.8) is 0 Å². The number of amides is 2. The number of aromatic hydroxyl groups is 1. The van der Waals surface area contributed by atoms with Crippen LogP contribution in [0.1, 0.15) is 43.8 Å². The molecule has 176 valence electrons. The van der Waals surface area contributed by atoms with Crippen molar-refractivity contribution in [3.05, 3.63) is 62.3 Å². The van der Waals surface area contributed by atoms with Gasteiger partial charge < -0.3 is 24.8 Å². The van der Waals surface area contributed by atoms with E-state index in [1.54, 1.807) is 24.1 Å². The van der Waals surface area contributed by atoms with Crippen molar-refractivity contribution in [2.75, 3.05) is 45.6 Å². The van der Waals surface area contributed by atoms with E-state index < -0.39 is 34.9 Å². The van der Waals surface area contributed by atoms with E-state index in [1.165, 1.54) is 29.9 Å². The Labute approximate surface area is 189 Å². The molecule has 2 aliphatic heterocycles. The monoisotopic (exact) mass is 460 g/mol. The lowest BCUT2D eigenvalue weighted by Crippen LogP contribution is -2.53. The molecule has 10 nitrogen and oxygen atoms in total. The van der Waals surface area contributed by atoms with E-state index >= 15 is 0 Å². The molecule has 1 aromatic carbocycles. The van der Waals surface area contributed by atoms with Crippen LogP contribution in [0.4, 0.5) is 4.39 Å². The molecule has 2 N–H and O–H groups in total. The first-order valence-corrected chi connectivity index (χ1v) is 10.4. The van der Waals surface area contributed by atoms with Crippen molar-refractivity contribution >= 4 is 11.8 Å². The molecule has 2 amide bonds. The summed E-state index contributed by atoms with van der Waals surface area (Å²) in [7, 11) is 2.94. The number of aryl methyl sites for hydroxylation is 1. The van der Waals surface area contributed by atoms with Gasteiger partial charge in [-0.3, -0.25) is 19.4 Å². The van der Waals surface area contributed by atoms with Gasteiger partial charge >= 0.3 is 0 Å². The number of rotatable bonds is 7. The number of ether oxygens (including phenoxy) is 2. The Kier molecular flexibility index (Phi) is 6.09. The molecule has 0 fully saturated rings. The second kappa shape index (κ2) is 8.83. The number of carbonyl (C=O) groups is 2. The Morgan fingerprint density at radius 2 is 2.06 bits per heavy atom. The Balaban J connectivity index is 1.74. The van der Waals surface area contributed by atoms with Crippen LogP contribution in [-0.4, -0.2) is 67.1 Å². The maximum absolute atomic E-state index is 14.2. The van der Waals surface area contributed by atoms with Gasteiger partial charge in [0.2, 0.25) is 5.43 Å². The van der Waals surface area contributed by atoms with Gasteiger partial charge in [-0.05, 0) is 18.6 Å². The first kappa shape index (κ1) is 22.7. The Morgan fingerprint density at radius 3 is 2.73 bits per heavy atom. The van der Waals surface area contributed by atoms with Crippen molar-refractivity contribution < 1.29 is 28.6 Å². The average molecular weight is 460 g/mol. The third kappa shape index (κ3) is 3.83. The molecule has 0 spiro atoms. The highest BCUT2D eigenvalue weighted by Crippen LogP contribution is 2.34. The average Bonchev–Trinajstić information content (AvgIpc) is 3.14. The summed E-state index contributed by atoms with van der Waals surface area (Å²) in [6.07, 6.45) is -0.691. The van der Waals surface area contributed by atoms with E-state index in [0.29, 0.717) is 0 Å². The maximum Gasteiger partial charge on any atom is 0.277 e. The molecule has 0 aliphatic carbocycles. The van der Waals surface area contributed by atoms with E-state index in [4.69, 9.17) is 9.47 Å². The lowest BCUT2D eigenvalue weighted by Gasteiger charge is -2.37. The highest BCUT2D eigenvalue weighted by atomic mass is 19.1. The molecule has 0 radical (unpaired) electrons. The van der Waals surface area contributed by atoms with E-state index in [1.807, 2.05) is 0 Å². The SMILES string of the molecule is COCCN1CN2CC(OC)c3c(C(=O)NCc4ccc(C)cc4F)c(=O)c(O)c(n32)C1=O. The summed E-state index contributed by atoms with van der Waals surface area (Å²) >= 11 is 0. The minimum Gasteiger partial charge on any atom is -0.502 e. The van der Waals surface area contributed by atoms with Crippen LogP contribution in [-0.2, 0) is 16.0 Å². The molecule has 0 saturated carbocycles. The van der Waals surface area contributed by atoms with Gasteiger partial charge in [0.15, 0.2) is 11.4 Å². The summed E-state index contributed by atoms with van der Waals surface area (Å²) in [5.41, 5.74) is -0.377. The lowest BCUT2D eigenvalue weighted by atomic mass is 10.1. The van der Waals surface area contributed by atoms with Crippen molar-refractivity contribution in [2.24, 2.45) is 0 Å². The van der Waals surface area contributed by atoms with Gasteiger partial charge in [0.25, 0.3) is 11.8 Å². The fourth-order valence-electron chi connectivity index (χ4n) is 4.18. The second-order valence-corrected chi connectivity index (χ2v) is 7.99. The van der Waals surface area contributed by atoms with Gasteiger partial charge in [0.05, 0.1) is 18.8 Å². The van der Waals surface area contributed by atoms with E-state index in [-0.39, 0.29) is 55.4 Å². The standard InChI is InChI=1S/C22H25FN4O6/c1-12-4-5-13(14(23)8-12)9-24-21(30)16-17-15(33-3)10-26-11-25(6-7-32-2)22(31)18(27(17)26)20(29)19(16)28/h4-5,8,15,29H,6-7,9-11H2,1-3H3,(H,24,30). The number of hydrogen-bond acceptors (Lipinski definition) is 7. The molecule has 1 unspecified atom stereocenters. The molecule has 1 atom stereocenters. The molecule has 2 aliphatic rings. The van der Waals surface area contributed by atoms with E-state index in [0.717, 1.165) is 5.56 Å². The summed E-state index contributed by atoms with van der Waals surface area (Å²) in [6, 6.07) is 4.61. The molecular weight excluding hydrogens is 435 g/mol. The summed E-state index contributed by atoms with van der Waals surface area (Å²) in [5.74, 6) is -2.64. The van der Waals surface area contributed by atoms with Crippen molar-refractivity contribution in [1.29, 1.82) is 0 Å². The zero-order valence-electron chi connectivity index (χ0n) is 18.6. The Morgan fingerprint density at radius 1 is 1.30 bits per heavy atom. The molecule has 3 heterocycles. The third-order valence-corrected chi connectivity index (χ3v) is 5.88. The molecular formula is C22H25FN4O6. The van der Waals surface area contributed by atoms with Gasteiger partial charge in [0, 0.05) is 32.9 Å². The number of nitrogens with zero attached hydrogens (tertiary/aromatic N) is 3. The number of carbonyl (C=O) groups excluding carboxylic acids is 2. The highest BCUT2D eigenvalue weighted by Gasteiger charge is 2.44. The van der Waals surface area contributed by atoms with Crippen LogP contribution < -0.4 is 15.8 Å². The molecule has 11 heteroatoms. The normalized spacial score (nSPS) is 16.8. The minimum absolute atomic E-state index is 0.155. The molecule has 2 aromatic rings. The lowest BCUT2D eigenvalue weighted by molar-refractivity contribution is 0.0623. The highest BCUT2D eigenvalue weighted by molar-refractivity contribution is 6.00. The predicted octanol–water partition coefficient (Wildman–Crippen LogP) is 0.630. The van der Waals surface area contributed by atoms with Gasteiger partial charge in [0.1, 0.15) is 24.2 Å². The predicted molar refractivity (Wildman–Crippen MR) is 115 cm³/mol. The van der Waals surface area contributed by atoms with Gasteiger partial charge in [-0.2, -0.15) is 0 Å². The number of hydrogen-bond donors (Lipinski definition) is 2. The van der Waals surface area contributed by atoms with Gasteiger partial charge in [-0.1, -0.05) is 12.1 Å². The van der Waals surface area contributed by atoms with Crippen molar-refractivity contribution in [2.45, 2.75) is 19.6 Å². The van der Waals surface area contributed by atoms with Gasteiger partial charge in [-0.25, -0.2) is 9.07 Å². The van der Waals surface area contributed by atoms with Crippen LogP contribution in [0.15, 0.2) is 23.0 Å². The smallest absolute Gasteiger partial charge is 0.277 e. The molecule has 0 saturated heterocycles. The molecule has 33 heavy (non-hydrogen) atoms.